The van der Waals surface area contributed by atoms with Crippen LogP contribution in [-0.4, -0.2) is 36.9 Å². The second-order valence-corrected chi connectivity index (χ2v) is 6.93. The minimum absolute atomic E-state index is 0.187. The van der Waals surface area contributed by atoms with Crippen molar-refractivity contribution in [1.29, 1.82) is 0 Å². The number of hydrogen-bond acceptors (Lipinski definition) is 5. The molecule has 1 amide bonds. The molecule has 2 rings (SSSR count). The van der Waals surface area contributed by atoms with Crippen LogP contribution in [0.5, 0.6) is 11.5 Å². The highest BCUT2D eigenvalue weighted by atomic mass is 35.5. The standard InChI is InChI=1S/C21H27ClN2O4/c1-4-27-19-10-16(12-23-11-15(3)25)9-18(22)21(19)28-13-20(26)24-17-7-5-14(2)6-8-17/h5-10,15,23,25H,4,11-13H2,1-3H3,(H,24,26). The van der Waals surface area contributed by atoms with Crippen LogP contribution in [0.3, 0.4) is 0 Å². The lowest BCUT2D eigenvalue weighted by atomic mass is 10.2. The van der Waals surface area contributed by atoms with Crippen LogP contribution in [0.15, 0.2) is 36.4 Å². The number of hydrogen-bond donors (Lipinski definition) is 3. The van der Waals surface area contributed by atoms with E-state index in [0.717, 1.165) is 11.1 Å². The van der Waals surface area contributed by atoms with Gasteiger partial charge in [-0.15, -0.1) is 0 Å². The summed E-state index contributed by atoms with van der Waals surface area (Å²) in [4.78, 5) is 12.2. The summed E-state index contributed by atoms with van der Waals surface area (Å²) in [7, 11) is 0. The summed E-state index contributed by atoms with van der Waals surface area (Å²) in [5, 5.41) is 15.6. The molecular formula is C21H27ClN2O4. The largest absolute Gasteiger partial charge is 0.490 e. The van der Waals surface area contributed by atoms with Gasteiger partial charge in [-0.2, -0.15) is 0 Å². The average Bonchev–Trinajstić information content (AvgIpc) is 2.63. The zero-order valence-electron chi connectivity index (χ0n) is 16.4. The molecule has 0 aliphatic rings. The smallest absolute Gasteiger partial charge is 0.262 e. The molecule has 0 aliphatic heterocycles. The molecule has 6 nitrogen and oxygen atoms in total. The molecule has 0 saturated carbocycles. The number of aliphatic hydroxyl groups is 1. The van der Waals surface area contributed by atoms with Crippen LogP contribution in [0.2, 0.25) is 5.02 Å². The predicted molar refractivity (Wildman–Crippen MR) is 111 cm³/mol. The Balaban J connectivity index is 2.02. The van der Waals surface area contributed by atoms with E-state index in [0.29, 0.717) is 41.9 Å². The Hall–Kier alpha value is -2.28. The summed E-state index contributed by atoms with van der Waals surface area (Å²) in [6.07, 6.45) is -0.434. The Morgan fingerprint density at radius 1 is 1.21 bits per heavy atom. The van der Waals surface area contributed by atoms with Crippen LogP contribution in [0.25, 0.3) is 0 Å². The summed E-state index contributed by atoms with van der Waals surface area (Å²) in [5.74, 6) is 0.527. The zero-order valence-corrected chi connectivity index (χ0v) is 17.2. The van der Waals surface area contributed by atoms with Gasteiger partial charge in [-0.05, 0) is 50.6 Å². The first-order valence-corrected chi connectivity index (χ1v) is 9.60. The second-order valence-electron chi connectivity index (χ2n) is 6.52. The van der Waals surface area contributed by atoms with Gasteiger partial charge < -0.3 is 25.2 Å². The number of rotatable bonds is 10. The lowest BCUT2D eigenvalue weighted by molar-refractivity contribution is -0.118. The van der Waals surface area contributed by atoms with Crippen molar-refractivity contribution in [2.24, 2.45) is 0 Å². The van der Waals surface area contributed by atoms with Crippen molar-refractivity contribution in [2.75, 3.05) is 25.1 Å². The molecule has 0 radical (unpaired) electrons. The summed E-state index contributed by atoms with van der Waals surface area (Å²) in [6, 6.07) is 11.1. The summed E-state index contributed by atoms with van der Waals surface area (Å²) in [5.41, 5.74) is 2.71. The fraction of sp³-hybridized carbons (Fsp3) is 0.381. The van der Waals surface area contributed by atoms with E-state index in [1.807, 2.05) is 44.2 Å². The molecule has 2 aromatic rings. The molecule has 0 aliphatic carbocycles. The number of carbonyl (C=O) groups is 1. The first-order chi connectivity index (χ1) is 13.4. The van der Waals surface area contributed by atoms with E-state index in [4.69, 9.17) is 21.1 Å². The number of ether oxygens (including phenoxy) is 2. The molecule has 1 atom stereocenters. The molecule has 0 bridgehead atoms. The molecule has 2 aromatic carbocycles. The third-order valence-electron chi connectivity index (χ3n) is 3.82. The van der Waals surface area contributed by atoms with Gasteiger partial charge in [0.25, 0.3) is 5.91 Å². The molecular weight excluding hydrogens is 380 g/mol. The highest BCUT2D eigenvalue weighted by Crippen LogP contribution is 2.36. The minimum Gasteiger partial charge on any atom is -0.490 e. The molecule has 152 valence electrons. The maximum absolute atomic E-state index is 12.2. The Morgan fingerprint density at radius 3 is 2.57 bits per heavy atom. The normalized spacial score (nSPS) is 11.8. The zero-order chi connectivity index (χ0) is 20.5. The van der Waals surface area contributed by atoms with E-state index in [1.54, 1.807) is 13.0 Å². The lowest BCUT2D eigenvalue weighted by Crippen LogP contribution is -2.24. The van der Waals surface area contributed by atoms with Crippen LogP contribution >= 0.6 is 11.6 Å². The number of aryl methyl sites for hydroxylation is 1. The van der Waals surface area contributed by atoms with E-state index in [2.05, 4.69) is 10.6 Å². The number of benzene rings is 2. The Bertz CT molecular complexity index is 779. The predicted octanol–water partition coefficient (Wildman–Crippen LogP) is 3.54. The first kappa shape index (κ1) is 22.0. The molecule has 7 heteroatoms. The number of carbonyl (C=O) groups excluding carboxylic acids is 1. The second kappa shape index (κ2) is 10.9. The van der Waals surface area contributed by atoms with Crippen molar-refractivity contribution < 1.29 is 19.4 Å². The van der Waals surface area contributed by atoms with Gasteiger partial charge in [0.2, 0.25) is 0 Å². The highest BCUT2D eigenvalue weighted by Gasteiger charge is 2.15. The first-order valence-electron chi connectivity index (χ1n) is 9.22. The quantitative estimate of drug-likeness (QED) is 0.562. The minimum atomic E-state index is -0.434. The van der Waals surface area contributed by atoms with E-state index in [1.165, 1.54) is 0 Å². The van der Waals surface area contributed by atoms with Crippen LogP contribution < -0.4 is 20.1 Å². The summed E-state index contributed by atoms with van der Waals surface area (Å²) in [6.45, 7) is 6.80. The third kappa shape index (κ3) is 7.03. The van der Waals surface area contributed by atoms with E-state index < -0.39 is 6.10 Å². The van der Waals surface area contributed by atoms with Crippen LogP contribution in [0.4, 0.5) is 5.69 Å². The van der Waals surface area contributed by atoms with E-state index in [-0.39, 0.29) is 12.5 Å². The van der Waals surface area contributed by atoms with Crippen molar-refractivity contribution in [3.8, 4) is 11.5 Å². The monoisotopic (exact) mass is 406 g/mol. The number of aliphatic hydroxyl groups excluding tert-OH is 1. The lowest BCUT2D eigenvalue weighted by Gasteiger charge is -2.16. The highest BCUT2D eigenvalue weighted by molar-refractivity contribution is 6.32. The third-order valence-corrected chi connectivity index (χ3v) is 4.10. The van der Waals surface area contributed by atoms with Gasteiger partial charge in [-0.25, -0.2) is 0 Å². The number of halogens is 1. The van der Waals surface area contributed by atoms with Crippen molar-refractivity contribution in [3.63, 3.8) is 0 Å². The Morgan fingerprint density at radius 2 is 1.93 bits per heavy atom. The summed E-state index contributed by atoms with van der Waals surface area (Å²) >= 11 is 6.36. The molecule has 0 aromatic heterocycles. The van der Waals surface area contributed by atoms with Crippen molar-refractivity contribution >= 4 is 23.2 Å². The molecule has 0 spiro atoms. The molecule has 0 fully saturated rings. The number of nitrogens with one attached hydrogen (secondary N) is 2. The van der Waals surface area contributed by atoms with Crippen LogP contribution in [0.1, 0.15) is 25.0 Å². The maximum atomic E-state index is 12.2. The molecule has 0 saturated heterocycles. The molecule has 3 N–H and O–H groups in total. The van der Waals surface area contributed by atoms with Gasteiger partial charge in [0, 0.05) is 18.8 Å². The van der Waals surface area contributed by atoms with Gasteiger partial charge in [0.1, 0.15) is 0 Å². The Kier molecular flexibility index (Phi) is 8.57. The van der Waals surface area contributed by atoms with Crippen molar-refractivity contribution in [1.82, 2.24) is 5.32 Å². The molecule has 0 heterocycles. The molecule has 1 unspecified atom stereocenters. The van der Waals surface area contributed by atoms with Crippen molar-refractivity contribution in [2.45, 2.75) is 33.4 Å². The van der Waals surface area contributed by atoms with E-state index in [9.17, 15) is 9.90 Å². The van der Waals surface area contributed by atoms with Gasteiger partial charge >= 0.3 is 0 Å². The number of anilines is 1. The van der Waals surface area contributed by atoms with Crippen molar-refractivity contribution in [3.05, 3.63) is 52.5 Å². The van der Waals surface area contributed by atoms with Crippen LogP contribution in [-0.2, 0) is 11.3 Å². The van der Waals surface area contributed by atoms with Gasteiger partial charge in [-0.3, -0.25) is 4.79 Å². The summed E-state index contributed by atoms with van der Waals surface area (Å²) < 4.78 is 11.3. The SMILES string of the molecule is CCOc1cc(CNCC(C)O)cc(Cl)c1OCC(=O)Nc1ccc(C)cc1. The Labute approximate surface area is 170 Å². The fourth-order valence-electron chi connectivity index (χ4n) is 2.52. The fourth-order valence-corrected chi connectivity index (χ4v) is 2.81. The maximum Gasteiger partial charge on any atom is 0.262 e. The topological polar surface area (TPSA) is 79.8 Å². The van der Waals surface area contributed by atoms with Gasteiger partial charge in [0.05, 0.1) is 17.7 Å². The molecule has 28 heavy (non-hydrogen) atoms. The van der Waals surface area contributed by atoms with Gasteiger partial charge in [-0.1, -0.05) is 29.3 Å². The average molecular weight is 407 g/mol. The van der Waals surface area contributed by atoms with E-state index >= 15 is 0 Å². The number of amides is 1. The van der Waals surface area contributed by atoms with Gasteiger partial charge in [0.15, 0.2) is 18.1 Å². The van der Waals surface area contributed by atoms with Crippen LogP contribution in [0, 0.1) is 6.92 Å².